The minimum atomic E-state index is -2.68. The second-order valence-electron chi connectivity index (χ2n) is 7.81. The zero-order valence-corrected chi connectivity index (χ0v) is 17.4. The highest BCUT2D eigenvalue weighted by Crippen LogP contribution is 2.56. The lowest BCUT2D eigenvalue weighted by Gasteiger charge is -2.28. The lowest BCUT2D eigenvalue weighted by Crippen LogP contribution is -2.47. The van der Waals surface area contributed by atoms with Crippen LogP contribution >= 0.6 is 0 Å². The number of benzene rings is 2. The standard InChI is InChI=1S/C24H24FNO6/c25-24(23(29)26-11-13-30-14-12-26)19(21(27)31-15-17-7-3-1-4-8-17)20(24)22(28)32-16-18-9-5-2-6-10-18/h1-10,19-20H,11-16H2/t19-,20?,24?/m1/s1. The van der Waals surface area contributed by atoms with Crippen molar-refractivity contribution in [3.05, 3.63) is 71.8 Å². The fourth-order valence-electron chi connectivity index (χ4n) is 3.88. The number of amides is 1. The number of nitrogens with zero attached hydrogens (tertiary/aromatic N) is 1. The molecule has 0 bridgehead atoms. The summed E-state index contributed by atoms with van der Waals surface area (Å²) in [5, 5.41) is 0. The highest BCUT2D eigenvalue weighted by molar-refractivity contribution is 6.05. The molecule has 0 N–H and O–H groups in total. The molecule has 1 saturated heterocycles. The number of morpholine rings is 1. The van der Waals surface area contributed by atoms with Gasteiger partial charge in [-0.3, -0.25) is 14.4 Å². The van der Waals surface area contributed by atoms with Gasteiger partial charge in [-0.1, -0.05) is 60.7 Å². The van der Waals surface area contributed by atoms with Crippen molar-refractivity contribution in [3.8, 4) is 0 Å². The topological polar surface area (TPSA) is 82.1 Å². The Morgan fingerprint density at radius 2 is 1.28 bits per heavy atom. The van der Waals surface area contributed by atoms with E-state index in [9.17, 15) is 14.4 Å². The number of carbonyl (C=O) groups is 3. The molecule has 0 aromatic heterocycles. The van der Waals surface area contributed by atoms with E-state index in [1.54, 1.807) is 48.5 Å². The van der Waals surface area contributed by atoms with Crippen molar-refractivity contribution in [1.82, 2.24) is 4.90 Å². The molecule has 1 saturated carbocycles. The van der Waals surface area contributed by atoms with Crippen molar-refractivity contribution < 1.29 is 33.0 Å². The third-order valence-corrected chi connectivity index (χ3v) is 5.71. The molecule has 2 aromatic carbocycles. The number of esters is 2. The maximum atomic E-state index is 15.9. The zero-order chi connectivity index (χ0) is 22.6. The number of carbonyl (C=O) groups excluding carboxylic acids is 3. The molecule has 2 aliphatic rings. The minimum absolute atomic E-state index is 0.0796. The third-order valence-electron chi connectivity index (χ3n) is 5.71. The van der Waals surface area contributed by atoms with Crippen molar-refractivity contribution in [2.75, 3.05) is 26.3 Å². The van der Waals surface area contributed by atoms with Crippen LogP contribution in [0.5, 0.6) is 0 Å². The Bertz CT molecular complexity index is 899. The molecule has 4 rings (SSSR count). The van der Waals surface area contributed by atoms with Crippen LogP contribution in [0.1, 0.15) is 11.1 Å². The average Bonchev–Trinajstić information content (AvgIpc) is 3.49. The van der Waals surface area contributed by atoms with Crippen LogP contribution in [-0.2, 0) is 41.8 Å². The van der Waals surface area contributed by atoms with E-state index in [2.05, 4.69) is 0 Å². The predicted molar refractivity (Wildman–Crippen MR) is 111 cm³/mol. The van der Waals surface area contributed by atoms with Gasteiger partial charge in [0.1, 0.15) is 25.0 Å². The van der Waals surface area contributed by atoms with Crippen molar-refractivity contribution >= 4 is 17.8 Å². The summed E-state index contributed by atoms with van der Waals surface area (Å²) in [7, 11) is 0. The van der Waals surface area contributed by atoms with E-state index in [4.69, 9.17) is 14.2 Å². The molecule has 0 radical (unpaired) electrons. The number of alkyl halides is 1. The Morgan fingerprint density at radius 1 is 0.844 bits per heavy atom. The van der Waals surface area contributed by atoms with Gasteiger partial charge in [-0.05, 0) is 11.1 Å². The van der Waals surface area contributed by atoms with E-state index in [1.165, 1.54) is 4.90 Å². The molecule has 32 heavy (non-hydrogen) atoms. The Morgan fingerprint density at radius 3 is 1.72 bits per heavy atom. The maximum absolute atomic E-state index is 15.9. The largest absolute Gasteiger partial charge is 0.460 e. The lowest BCUT2D eigenvalue weighted by molar-refractivity contribution is -0.152. The first-order valence-electron chi connectivity index (χ1n) is 10.5. The van der Waals surface area contributed by atoms with E-state index in [-0.39, 0.29) is 39.5 Å². The Kier molecular flexibility index (Phi) is 6.50. The van der Waals surface area contributed by atoms with Gasteiger partial charge in [0, 0.05) is 13.1 Å². The molecule has 3 atom stereocenters. The molecule has 1 heterocycles. The molecule has 2 aromatic rings. The van der Waals surface area contributed by atoms with E-state index in [0.717, 1.165) is 0 Å². The highest BCUT2D eigenvalue weighted by atomic mass is 19.1. The van der Waals surface area contributed by atoms with Crippen LogP contribution in [0, 0.1) is 11.8 Å². The number of hydrogen-bond donors (Lipinski definition) is 0. The van der Waals surface area contributed by atoms with E-state index in [0.29, 0.717) is 11.1 Å². The molecule has 1 aliphatic heterocycles. The van der Waals surface area contributed by atoms with Crippen LogP contribution in [0.4, 0.5) is 4.39 Å². The van der Waals surface area contributed by atoms with Crippen LogP contribution in [0.15, 0.2) is 60.7 Å². The lowest BCUT2D eigenvalue weighted by atomic mass is 10.2. The monoisotopic (exact) mass is 441 g/mol. The number of rotatable bonds is 7. The van der Waals surface area contributed by atoms with Crippen molar-refractivity contribution in [2.24, 2.45) is 11.8 Å². The Balaban J connectivity index is 1.47. The van der Waals surface area contributed by atoms with Crippen LogP contribution in [0.25, 0.3) is 0 Å². The molecule has 1 amide bonds. The second kappa shape index (κ2) is 9.48. The second-order valence-corrected chi connectivity index (χ2v) is 7.81. The van der Waals surface area contributed by atoms with Gasteiger partial charge >= 0.3 is 11.9 Å². The van der Waals surface area contributed by atoms with Crippen LogP contribution in [-0.4, -0.2) is 54.7 Å². The van der Waals surface area contributed by atoms with Gasteiger partial charge < -0.3 is 19.1 Å². The van der Waals surface area contributed by atoms with Gasteiger partial charge in [0.15, 0.2) is 0 Å². The normalized spacial score (nSPS) is 24.5. The van der Waals surface area contributed by atoms with E-state index < -0.39 is 35.4 Å². The molecule has 0 spiro atoms. The molecular weight excluding hydrogens is 417 g/mol. The maximum Gasteiger partial charge on any atom is 0.314 e. The number of halogens is 1. The average molecular weight is 441 g/mol. The first-order valence-corrected chi connectivity index (χ1v) is 10.5. The van der Waals surface area contributed by atoms with Crippen LogP contribution < -0.4 is 0 Å². The number of ether oxygens (including phenoxy) is 3. The smallest absolute Gasteiger partial charge is 0.314 e. The van der Waals surface area contributed by atoms with Crippen molar-refractivity contribution in [3.63, 3.8) is 0 Å². The van der Waals surface area contributed by atoms with Gasteiger partial charge in [0.05, 0.1) is 13.2 Å². The van der Waals surface area contributed by atoms with Gasteiger partial charge in [-0.2, -0.15) is 0 Å². The van der Waals surface area contributed by atoms with Gasteiger partial charge in [-0.25, -0.2) is 4.39 Å². The number of hydrogen-bond acceptors (Lipinski definition) is 6. The molecular formula is C24H24FNO6. The molecule has 168 valence electrons. The highest BCUT2D eigenvalue weighted by Gasteiger charge is 2.80. The quantitative estimate of drug-likeness (QED) is 0.614. The van der Waals surface area contributed by atoms with E-state index >= 15 is 4.39 Å². The molecule has 2 unspecified atom stereocenters. The van der Waals surface area contributed by atoms with Crippen LogP contribution in [0.2, 0.25) is 0 Å². The van der Waals surface area contributed by atoms with Crippen molar-refractivity contribution in [2.45, 2.75) is 18.9 Å². The van der Waals surface area contributed by atoms with Gasteiger partial charge in [0.25, 0.3) is 5.91 Å². The summed E-state index contributed by atoms with van der Waals surface area (Å²) >= 11 is 0. The van der Waals surface area contributed by atoms with Crippen LogP contribution in [0.3, 0.4) is 0 Å². The SMILES string of the molecule is O=C(OCc1ccccc1)C1[C@H](C(=O)OCc2ccccc2)C1(F)C(=O)N1CCOCC1. The van der Waals surface area contributed by atoms with Gasteiger partial charge in [0.2, 0.25) is 5.67 Å². The molecule has 2 fully saturated rings. The molecule has 7 nitrogen and oxygen atoms in total. The summed E-state index contributed by atoms with van der Waals surface area (Å²) < 4.78 is 31.6. The fraction of sp³-hybridized carbons (Fsp3) is 0.375. The fourth-order valence-corrected chi connectivity index (χ4v) is 3.88. The summed E-state index contributed by atoms with van der Waals surface area (Å²) in [5.74, 6) is -5.84. The summed E-state index contributed by atoms with van der Waals surface area (Å²) in [5.41, 5.74) is -1.25. The summed E-state index contributed by atoms with van der Waals surface area (Å²) in [6, 6.07) is 17.8. The summed E-state index contributed by atoms with van der Waals surface area (Å²) in [4.78, 5) is 39.6. The Labute approximate surface area is 185 Å². The summed E-state index contributed by atoms with van der Waals surface area (Å²) in [6.45, 7) is 0.778. The predicted octanol–water partition coefficient (Wildman–Crippen LogP) is 2.29. The first-order chi connectivity index (χ1) is 15.5. The summed E-state index contributed by atoms with van der Waals surface area (Å²) in [6.07, 6.45) is 0. The van der Waals surface area contributed by atoms with E-state index in [1.807, 2.05) is 12.1 Å². The molecule has 1 aliphatic carbocycles. The third kappa shape index (κ3) is 4.50. The van der Waals surface area contributed by atoms with Gasteiger partial charge in [-0.15, -0.1) is 0 Å². The molecule has 8 heteroatoms. The minimum Gasteiger partial charge on any atom is -0.460 e. The Hall–Kier alpha value is -3.26. The zero-order valence-electron chi connectivity index (χ0n) is 17.4. The first kappa shape index (κ1) is 22.0. The van der Waals surface area contributed by atoms with Crippen molar-refractivity contribution in [1.29, 1.82) is 0 Å².